The summed E-state index contributed by atoms with van der Waals surface area (Å²) in [4.78, 5) is 33.1. The maximum absolute atomic E-state index is 11.2. The first-order chi connectivity index (χ1) is 8.90. The second-order valence-corrected chi connectivity index (χ2v) is 4.14. The van der Waals surface area contributed by atoms with Crippen LogP contribution in [0.5, 0.6) is 5.75 Å². The molecule has 5 nitrogen and oxygen atoms in total. The minimum absolute atomic E-state index is 0.179. The lowest BCUT2D eigenvalue weighted by molar-refractivity contribution is -0.142. The van der Waals surface area contributed by atoms with Crippen LogP contribution in [0.15, 0.2) is 24.3 Å². The number of hydrogen-bond acceptors (Lipinski definition) is 5. The Morgan fingerprint density at radius 2 is 1.53 bits per heavy atom. The molecule has 0 aliphatic heterocycles. The first kappa shape index (κ1) is 14.9. The van der Waals surface area contributed by atoms with Crippen molar-refractivity contribution in [3.63, 3.8) is 0 Å². The topological polar surface area (TPSA) is 69.7 Å². The van der Waals surface area contributed by atoms with Gasteiger partial charge in [0, 0.05) is 6.92 Å². The number of carbonyl (C=O) groups is 3. The van der Waals surface area contributed by atoms with Gasteiger partial charge in [0.15, 0.2) is 11.6 Å². The van der Waals surface area contributed by atoms with Crippen LogP contribution in [0.1, 0.15) is 26.3 Å². The minimum Gasteiger partial charge on any atom is -0.475 e. The molecule has 0 heterocycles. The third-order valence-corrected chi connectivity index (χ3v) is 2.36. The van der Waals surface area contributed by atoms with Crippen molar-refractivity contribution < 1.29 is 23.9 Å². The third kappa shape index (κ3) is 4.91. The molecule has 0 fully saturated rings. The number of benzene rings is 1. The smallest absolute Gasteiger partial charge is 0.302 e. The average Bonchev–Trinajstić information content (AvgIpc) is 2.34. The summed E-state index contributed by atoms with van der Waals surface area (Å²) >= 11 is 0. The predicted molar refractivity (Wildman–Crippen MR) is 67.7 cm³/mol. The molecule has 1 aromatic rings. The minimum atomic E-state index is -1.07. The largest absolute Gasteiger partial charge is 0.475 e. The van der Waals surface area contributed by atoms with Gasteiger partial charge in [0.05, 0.1) is 0 Å². The second kappa shape index (κ2) is 6.68. The van der Waals surface area contributed by atoms with E-state index < -0.39 is 6.10 Å². The molecule has 0 amide bonds. The lowest BCUT2D eigenvalue weighted by Crippen LogP contribution is -2.32. The number of hydrogen-bond donors (Lipinski definition) is 0. The maximum Gasteiger partial charge on any atom is 0.302 e. The molecule has 0 spiro atoms. The van der Waals surface area contributed by atoms with E-state index in [2.05, 4.69) is 0 Å². The summed E-state index contributed by atoms with van der Waals surface area (Å²) in [6.07, 6.45) is -1.07. The van der Waals surface area contributed by atoms with E-state index >= 15 is 0 Å². The summed E-state index contributed by atoms with van der Waals surface area (Å²) in [6.45, 7) is 4.13. The quantitative estimate of drug-likeness (QED) is 0.577. The number of esters is 1. The molecule has 0 saturated heterocycles. The van der Waals surface area contributed by atoms with Gasteiger partial charge in [-0.05, 0) is 31.5 Å². The Bertz CT molecular complexity index is 461. The van der Waals surface area contributed by atoms with Crippen molar-refractivity contribution in [2.75, 3.05) is 0 Å². The van der Waals surface area contributed by atoms with Crippen LogP contribution in [0, 0.1) is 0 Å². The zero-order valence-electron chi connectivity index (χ0n) is 11.1. The first-order valence-corrected chi connectivity index (χ1v) is 5.80. The Morgan fingerprint density at radius 3 is 1.95 bits per heavy atom. The van der Waals surface area contributed by atoms with Gasteiger partial charge in [-0.1, -0.05) is 12.1 Å². The highest BCUT2D eigenvalue weighted by Crippen LogP contribution is 2.15. The molecule has 0 unspecified atom stereocenters. The summed E-state index contributed by atoms with van der Waals surface area (Å²) in [5.74, 6) is -0.608. The fraction of sp³-hybridized carbons (Fsp3) is 0.357. The van der Waals surface area contributed by atoms with Crippen LogP contribution >= 0.6 is 0 Å². The zero-order chi connectivity index (χ0) is 14.4. The number of Topliss-reactive ketones (excluding diaryl/α,β-unsaturated/α-hetero) is 2. The third-order valence-electron chi connectivity index (χ3n) is 2.36. The number of ketones is 2. The van der Waals surface area contributed by atoms with Gasteiger partial charge >= 0.3 is 5.97 Å². The SMILES string of the molecule is CC(=O)OCc1ccc(OC(C(C)=O)C(C)=O)cc1. The van der Waals surface area contributed by atoms with Gasteiger partial charge < -0.3 is 9.47 Å². The van der Waals surface area contributed by atoms with Crippen molar-refractivity contribution in [1.29, 1.82) is 0 Å². The molecule has 0 radical (unpaired) electrons. The van der Waals surface area contributed by atoms with Crippen molar-refractivity contribution >= 4 is 17.5 Å². The molecule has 102 valence electrons. The summed E-state index contributed by atoms with van der Waals surface area (Å²) in [5, 5.41) is 0. The fourth-order valence-electron chi connectivity index (χ4n) is 1.44. The lowest BCUT2D eigenvalue weighted by atomic mass is 10.2. The van der Waals surface area contributed by atoms with Crippen molar-refractivity contribution in [3.05, 3.63) is 29.8 Å². The van der Waals surface area contributed by atoms with Gasteiger partial charge in [0.2, 0.25) is 6.10 Å². The second-order valence-electron chi connectivity index (χ2n) is 4.14. The van der Waals surface area contributed by atoms with Gasteiger partial charge in [-0.25, -0.2) is 0 Å². The summed E-state index contributed by atoms with van der Waals surface area (Å²) < 4.78 is 10.1. The molecule has 0 aliphatic rings. The Hall–Kier alpha value is -2.17. The lowest BCUT2D eigenvalue weighted by Gasteiger charge is -2.13. The zero-order valence-corrected chi connectivity index (χ0v) is 11.1. The molecule has 5 heteroatoms. The van der Waals surface area contributed by atoms with Crippen LogP contribution in [0.25, 0.3) is 0 Å². The van der Waals surface area contributed by atoms with Crippen molar-refractivity contribution in [2.24, 2.45) is 0 Å². The van der Waals surface area contributed by atoms with Crippen LogP contribution in [0.4, 0.5) is 0 Å². The van der Waals surface area contributed by atoms with E-state index in [9.17, 15) is 14.4 Å². The highest BCUT2D eigenvalue weighted by atomic mass is 16.5. The van der Waals surface area contributed by atoms with Gasteiger partial charge in [0.1, 0.15) is 12.4 Å². The number of ether oxygens (including phenoxy) is 2. The molecule has 0 aromatic heterocycles. The van der Waals surface area contributed by atoms with Crippen LogP contribution in [0.3, 0.4) is 0 Å². The Balaban J connectivity index is 2.68. The number of rotatable bonds is 6. The molecule has 0 aliphatic carbocycles. The standard InChI is InChI=1S/C14H16O5/c1-9(15)14(10(2)16)19-13-6-4-12(5-7-13)8-18-11(3)17/h4-7,14H,8H2,1-3H3. The molecule has 0 N–H and O–H groups in total. The average molecular weight is 264 g/mol. The Morgan fingerprint density at radius 1 is 1.00 bits per heavy atom. The van der Waals surface area contributed by atoms with E-state index in [0.717, 1.165) is 5.56 Å². The van der Waals surface area contributed by atoms with E-state index in [1.165, 1.54) is 20.8 Å². The monoisotopic (exact) mass is 264 g/mol. The molecular weight excluding hydrogens is 248 g/mol. The summed E-state index contributed by atoms with van der Waals surface area (Å²) in [5.41, 5.74) is 0.796. The van der Waals surface area contributed by atoms with Gasteiger partial charge in [-0.15, -0.1) is 0 Å². The predicted octanol–water partition coefficient (Wildman–Crippen LogP) is 1.68. The molecule has 1 aromatic carbocycles. The molecule has 0 saturated carbocycles. The van der Waals surface area contributed by atoms with E-state index in [0.29, 0.717) is 5.75 Å². The van der Waals surface area contributed by atoms with Gasteiger partial charge in [-0.3, -0.25) is 14.4 Å². The molecule has 1 rings (SSSR count). The molecule has 19 heavy (non-hydrogen) atoms. The maximum atomic E-state index is 11.2. The van der Waals surface area contributed by atoms with Crippen molar-refractivity contribution in [3.8, 4) is 5.75 Å². The Kier molecular flexibility index (Phi) is 5.23. The molecule has 0 atom stereocenters. The van der Waals surface area contributed by atoms with Crippen LogP contribution < -0.4 is 4.74 Å². The summed E-state index contributed by atoms with van der Waals surface area (Å²) in [6, 6.07) is 6.65. The van der Waals surface area contributed by atoms with Crippen LogP contribution in [-0.4, -0.2) is 23.6 Å². The first-order valence-electron chi connectivity index (χ1n) is 5.80. The fourth-order valence-corrected chi connectivity index (χ4v) is 1.44. The van der Waals surface area contributed by atoms with Crippen molar-refractivity contribution in [2.45, 2.75) is 33.5 Å². The van der Waals surface area contributed by atoms with Gasteiger partial charge in [0.25, 0.3) is 0 Å². The van der Waals surface area contributed by atoms with E-state index in [-0.39, 0.29) is 24.1 Å². The Labute approximate surface area is 111 Å². The highest BCUT2D eigenvalue weighted by Gasteiger charge is 2.21. The number of carbonyl (C=O) groups excluding carboxylic acids is 3. The normalized spacial score (nSPS) is 10.1. The van der Waals surface area contributed by atoms with Crippen LogP contribution in [0.2, 0.25) is 0 Å². The molecular formula is C14H16O5. The van der Waals surface area contributed by atoms with E-state index in [1.807, 2.05) is 0 Å². The highest BCUT2D eigenvalue weighted by molar-refractivity contribution is 6.03. The molecule has 0 bridgehead atoms. The van der Waals surface area contributed by atoms with E-state index in [4.69, 9.17) is 9.47 Å². The van der Waals surface area contributed by atoms with Crippen molar-refractivity contribution in [1.82, 2.24) is 0 Å². The van der Waals surface area contributed by atoms with E-state index in [1.54, 1.807) is 24.3 Å². The van der Waals surface area contributed by atoms with Gasteiger partial charge in [-0.2, -0.15) is 0 Å². The van der Waals surface area contributed by atoms with Crippen LogP contribution in [-0.2, 0) is 25.7 Å². The summed E-state index contributed by atoms with van der Waals surface area (Å²) in [7, 11) is 0.